The Balaban J connectivity index is 1.63. The molecule has 1 unspecified atom stereocenters. The number of piperidine rings is 1. The van der Waals surface area contributed by atoms with Gasteiger partial charge in [0.15, 0.2) is 4.80 Å². The lowest BCUT2D eigenvalue weighted by Gasteiger charge is -2.29. The van der Waals surface area contributed by atoms with Crippen LogP contribution in [-0.2, 0) is 30.8 Å². The molecule has 1 fully saturated rings. The van der Waals surface area contributed by atoms with Crippen LogP contribution < -0.4 is 4.80 Å². The van der Waals surface area contributed by atoms with Crippen LogP contribution in [-0.4, -0.2) is 62.1 Å². The smallest absolute Gasteiger partial charge is 0.338 e. The molecule has 200 valence electrons. The molecule has 1 atom stereocenters. The topological polar surface area (TPSA) is 107 Å². The van der Waals surface area contributed by atoms with E-state index in [1.165, 1.54) is 21.7 Å². The number of aromatic nitrogens is 1. The number of nitrogens with zero attached hydrogens (tertiary/aromatic N) is 3. The first kappa shape index (κ1) is 27.9. The van der Waals surface area contributed by atoms with Crippen LogP contribution >= 0.6 is 34.3 Å². The van der Waals surface area contributed by atoms with Gasteiger partial charge in [0.25, 0.3) is 15.9 Å². The van der Waals surface area contributed by atoms with Crippen molar-refractivity contribution in [3.05, 3.63) is 45.0 Å². The van der Waals surface area contributed by atoms with E-state index in [2.05, 4.69) is 4.99 Å². The maximum Gasteiger partial charge on any atom is 0.338 e. The summed E-state index contributed by atoms with van der Waals surface area (Å²) < 4.78 is 41.3. The summed E-state index contributed by atoms with van der Waals surface area (Å²) in [4.78, 5) is 30.4. The zero-order valence-corrected chi connectivity index (χ0v) is 23.7. The van der Waals surface area contributed by atoms with E-state index in [-0.39, 0.29) is 23.3 Å². The van der Waals surface area contributed by atoms with Crippen molar-refractivity contribution in [2.24, 2.45) is 10.9 Å². The van der Waals surface area contributed by atoms with Crippen LogP contribution in [0, 0.1) is 5.92 Å². The van der Waals surface area contributed by atoms with E-state index in [0.29, 0.717) is 53.8 Å². The number of ether oxygens (including phenoxy) is 2. The van der Waals surface area contributed by atoms with Gasteiger partial charge in [-0.2, -0.15) is 9.30 Å². The molecule has 2 aromatic heterocycles. The molecule has 1 aliphatic rings. The van der Waals surface area contributed by atoms with Gasteiger partial charge >= 0.3 is 5.97 Å². The highest BCUT2D eigenvalue weighted by molar-refractivity contribution is 7.91. The summed E-state index contributed by atoms with van der Waals surface area (Å²) in [6.07, 6.45) is 1.11. The number of benzene rings is 1. The fraction of sp³-hybridized carbons (Fsp3) is 0.458. The third kappa shape index (κ3) is 6.32. The Hall–Kier alpha value is -2.09. The highest BCUT2D eigenvalue weighted by Crippen LogP contribution is 2.31. The van der Waals surface area contributed by atoms with E-state index in [9.17, 15) is 18.0 Å². The minimum Gasteiger partial charge on any atom is -0.462 e. The first-order chi connectivity index (χ1) is 17.7. The molecular weight excluding hydrogens is 558 g/mol. The van der Waals surface area contributed by atoms with Crippen molar-refractivity contribution in [3.8, 4) is 0 Å². The van der Waals surface area contributed by atoms with Gasteiger partial charge in [-0.1, -0.05) is 22.9 Å². The zero-order chi connectivity index (χ0) is 26.6. The standard InChI is InChI=1S/C24H28ClN3O6S3/c1-3-33-13-12-28-18-8-7-16(23(30)34-4-2)14-19(18)35-24(28)26-22(29)17-6-5-11-27(15-17)37(31,32)21-10-9-20(25)36-21/h7-10,14,17H,3-6,11-13,15H2,1-2H3. The second-order valence-electron chi connectivity index (χ2n) is 8.35. The summed E-state index contributed by atoms with van der Waals surface area (Å²) in [5.41, 5.74) is 1.25. The van der Waals surface area contributed by atoms with Crippen molar-refractivity contribution in [1.29, 1.82) is 0 Å². The van der Waals surface area contributed by atoms with Crippen molar-refractivity contribution < 1.29 is 27.5 Å². The molecule has 1 aliphatic heterocycles. The van der Waals surface area contributed by atoms with E-state index < -0.39 is 21.9 Å². The minimum absolute atomic E-state index is 0.0665. The van der Waals surface area contributed by atoms with Gasteiger partial charge in [0.2, 0.25) is 0 Å². The molecule has 4 rings (SSSR count). The van der Waals surface area contributed by atoms with Crippen LogP contribution in [0.4, 0.5) is 0 Å². The number of rotatable bonds is 9. The predicted octanol–water partition coefficient (Wildman–Crippen LogP) is 4.16. The molecule has 0 radical (unpaired) electrons. The molecular formula is C24H28ClN3O6S3. The summed E-state index contributed by atoms with van der Waals surface area (Å²) in [5, 5.41) is 0. The summed E-state index contributed by atoms with van der Waals surface area (Å²) in [6.45, 7) is 5.81. The molecule has 13 heteroatoms. The number of fused-ring (bicyclic) bond motifs is 1. The van der Waals surface area contributed by atoms with Crippen LogP contribution in [0.25, 0.3) is 10.2 Å². The average Bonchev–Trinajstić information content (AvgIpc) is 3.47. The maximum atomic E-state index is 13.3. The first-order valence-electron chi connectivity index (χ1n) is 12.0. The van der Waals surface area contributed by atoms with Gasteiger partial charge < -0.3 is 14.0 Å². The average molecular weight is 586 g/mol. The van der Waals surface area contributed by atoms with Gasteiger partial charge in [-0.05, 0) is 57.0 Å². The number of carbonyl (C=O) groups excluding carboxylic acids is 2. The van der Waals surface area contributed by atoms with E-state index in [0.717, 1.165) is 21.6 Å². The number of sulfonamides is 1. The van der Waals surface area contributed by atoms with Crippen LogP contribution in [0.5, 0.6) is 0 Å². The normalized spacial score (nSPS) is 17.4. The largest absolute Gasteiger partial charge is 0.462 e. The van der Waals surface area contributed by atoms with Crippen molar-refractivity contribution in [2.45, 2.75) is 37.4 Å². The molecule has 0 saturated carbocycles. The zero-order valence-electron chi connectivity index (χ0n) is 20.5. The molecule has 0 aliphatic carbocycles. The number of hydrogen-bond acceptors (Lipinski definition) is 8. The van der Waals surface area contributed by atoms with Crippen LogP contribution in [0.2, 0.25) is 4.34 Å². The fourth-order valence-electron chi connectivity index (χ4n) is 4.13. The molecule has 3 heterocycles. The molecule has 0 N–H and O–H groups in total. The highest BCUT2D eigenvalue weighted by Gasteiger charge is 2.34. The summed E-state index contributed by atoms with van der Waals surface area (Å²) in [5.74, 6) is -1.34. The second-order valence-corrected chi connectivity index (χ2v) is 13.2. The Bertz CT molecular complexity index is 1460. The Kier molecular flexibility index (Phi) is 9.20. The Morgan fingerprint density at radius 1 is 1.16 bits per heavy atom. The van der Waals surface area contributed by atoms with Gasteiger partial charge in [0.1, 0.15) is 4.21 Å². The van der Waals surface area contributed by atoms with E-state index in [1.54, 1.807) is 25.1 Å². The summed E-state index contributed by atoms with van der Waals surface area (Å²) in [7, 11) is -3.73. The van der Waals surface area contributed by atoms with Crippen molar-refractivity contribution >= 4 is 66.4 Å². The maximum absolute atomic E-state index is 13.3. The predicted molar refractivity (Wildman–Crippen MR) is 144 cm³/mol. The van der Waals surface area contributed by atoms with Crippen LogP contribution in [0.1, 0.15) is 37.0 Å². The van der Waals surface area contributed by atoms with Gasteiger partial charge in [-0.25, -0.2) is 13.2 Å². The molecule has 0 spiro atoms. The number of amides is 1. The number of esters is 1. The molecule has 1 aromatic carbocycles. The van der Waals surface area contributed by atoms with Crippen LogP contribution in [0.3, 0.4) is 0 Å². The fourth-order valence-corrected chi connectivity index (χ4v) is 8.39. The summed E-state index contributed by atoms with van der Waals surface area (Å²) in [6, 6.07) is 8.28. The Morgan fingerprint density at radius 3 is 2.68 bits per heavy atom. The first-order valence-corrected chi connectivity index (χ1v) is 15.4. The van der Waals surface area contributed by atoms with E-state index in [4.69, 9.17) is 21.1 Å². The monoisotopic (exact) mass is 585 g/mol. The molecule has 3 aromatic rings. The lowest BCUT2D eigenvalue weighted by molar-refractivity contribution is -0.122. The number of hydrogen-bond donors (Lipinski definition) is 0. The van der Waals surface area contributed by atoms with Gasteiger partial charge in [-0.15, -0.1) is 11.3 Å². The molecule has 9 nitrogen and oxygen atoms in total. The Morgan fingerprint density at radius 2 is 1.97 bits per heavy atom. The molecule has 37 heavy (non-hydrogen) atoms. The highest BCUT2D eigenvalue weighted by atomic mass is 35.5. The SMILES string of the molecule is CCOCCn1c(=NC(=O)C2CCCN(S(=O)(=O)c3ccc(Cl)s3)C2)sc2cc(C(=O)OCC)ccc21. The van der Waals surface area contributed by atoms with Gasteiger partial charge in [-0.3, -0.25) is 4.79 Å². The Labute approximate surface area is 228 Å². The van der Waals surface area contributed by atoms with Gasteiger partial charge in [0, 0.05) is 26.2 Å². The van der Waals surface area contributed by atoms with Crippen molar-refractivity contribution in [2.75, 3.05) is 32.9 Å². The third-order valence-corrected chi connectivity index (χ3v) is 10.5. The quantitative estimate of drug-likeness (QED) is 0.276. The van der Waals surface area contributed by atoms with E-state index in [1.807, 2.05) is 17.6 Å². The third-order valence-electron chi connectivity index (χ3n) is 5.94. The number of thiophene rings is 1. The summed E-state index contributed by atoms with van der Waals surface area (Å²) >= 11 is 8.24. The van der Waals surface area contributed by atoms with Crippen molar-refractivity contribution in [1.82, 2.24) is 8.87 Å². The van der Waals surface area contributed by atoms with E-state index >= 15 is 0 Å². The van der Waals surface area contributed by atoms with Gasteiger partial charge in [0.05, 0.1) is 39.2 Å². The lowest BCUT2D eigenvalue weighted by Crippen LogP contribution is -2.42. The number of thiazole rings is 1. The number of halogens is 1. The number of carbonyl (C=O) groups is 2. The second kappa shape index (κ2) is 12.2. The van der Waals surface area contributed by atoms with Crippen molar-refractivity contribution in [3.63, 3.8) is 0 Å². The molecule has 0 bridgehead atoms. The minimum atomic E-state index is -3.73. The molecule has 1 saturated heterocycles. The molecule has 1 amide bonds. The van der Waals surface area contributed by atoms with Crippen LogP contribution in [0.15, 0.2) is 39.5 Å². The lowest BCUT2D eigenvalue weighted by atomic mass is 9.99.